The van der Waals surface area contributed by atoms with Crippen LogP contribution in [-0.4, -0.2) is 53.2 Å². The smallest absolute Gasteiger partial charge is 0.222 e. The molecule has 0 N–H and O–H groups in total. The number of hydrogen-bond acceptors (Lipinski definition) is 4. The molecular weight excluding hydrogens is 330 g/mol. The first-order chi connectivity index (χ1) is 12.8. The van der Waals surface area contributed by atoms with Crippen molar-refractivity contribution in [1.82, 2.24) is 14.7 Å². The lowest BCUT2D eigenvalue weighted by molar-refractivity contribution is -0.139. The predicted molar refractivity (Wildman–Crippen MR) is 96.9 cm³/mol. The second-order valence-electron chi connectivity index (χ2n) is 6.98. The van der Waals surface area contributed by atoms with Crippen molar-refractivity contribution in [2.24, 2.45) is 5.92 Å². The van der Waals surface area contributed by atoms with Crippen LogP contribution in [0.15, 0.2) is 42.7 Å². The summed E-state index contributed by atoms with van der Waals surface area (Å²) in [6.45, 7) is 2.92. The highest BCUT2D eigenvalue weighted by atomic mass is 16.7. The van der Waals surface area contributed by atoms with Crippen LogP contribution < -0.4 is 0 Å². The number of amides is 1. The summed E-state index contributed by atoms with van der Waals surface area (Å²) in [6, 6.07) is 10.0. The van der Waals surface area contributed by atoms with Gasteiger partial charge in [-0.2, -0.15) is 5.10 Å². The number of benzene rings is 1. The summed E-state index contributed by atoms with van der Waals surface area (Å²) in [6.07, 6.45) is 7.03. The molecular formula is C20H25N3O3. The fourth-order valence-corrected chi connectivity index (χ4v) is 3.73. The lowest BCUT2D eigenvalue weighted by atomic mass is 9.97. The summed E-state index contributed by atoms with van der Waals surface area (Å²) in [4.78, 5) is 14.6. The lowest BCUT2D eigenvalue weighted by Gasteiger charge is -2.34. The van der Waals surface area contributed by atoms with Gasteiger partial charge in [-0.15, -0.1) is 0 Å². The van der Waals surface area contributed by atoms with Crippen molar-refractivity contribution in [3.05, 3.63) is 48.3 Å². The average Bonchev–Trinajstić information content (AvgIpc) is 3.39. The van der Waals surface area contributed by atoms with Crippen LogP contribution in [0.1, 0.15) is 24.8 Å². The van der Waals surface area contributed by atoms with E-state index in [-0.39, 0.29) is 12.2 Å². The predicted octanol–water partition coefficient (Wildman–Crippen LogP) is 2.42. The van der Waals surface area contributed by atoms with Gasteiger partial charge in [0.15, 0.2) is 6.29 Å². The summed E-state index contributed by atoms with van der Waals surface area (Å²) in [5.41, 5.74) is 2.11. The van der Waals surface area contributed by atoms with Crippen LogP contribution in [-0.2, 0) is 20.7 Å². The molecule has 0 aliphatic carbocycles. The molecule has 1 aromatic carbocycles. The Hall–Kier alpha value is -2.18. The molecule has 26 heavy (non-hydrogen) atoms. The number of aryl methyl sites for hydroxylation is 1. The third-order valence-electron chi connectivity index (χ3n) is 5.13. The summed E-state index contributed by atoms with van der Waals surface area (Å²) in [5.74, 6) is 0.510. The SMILES string of the molecule is O=C(CCc1cnn(-c2ccccc2)c1)N1CCCC(C2OCCO2)C1. The van der Waals surface area contributed by atoms with Gasteiger partial charge in [-0.3, -0.25) is 4.79 Å². The molecule has 2 aliphatic heterocycles. The quantitative estimate of drug-likeness (QED) is 0.827. The summed E-state index contributed by atoms with van der Waals surface area (Å²) in [7, 11) is 0. The Bertz CT molecular complexity index is 725. The lowest BCUT2D eigenvalue weighted by Crippen LogP contribution is -2.43. The third kappa shape index (κ3) is 3.97. The van der Waals surface area contributed by atoms with Crippen LogP contribution in [0.4, 0.5) is 0 Å². The standard InChI is InChI=1S/C20H25N3O3/c24-19(22-10-4-5-17(15-22)20-25-11-12-26-20)9-8-16-13-21-23(14-16)18-6-2-1-3-7-18/h1-3,6-7,13-14,17,20H,4-5,8-12,15H2. The van der Waals surface area contributed by atoms with Crippen molar-refractivity contribution < 1.29 is 14.3 Å². The molecule has 2 saturated heterocycles. The summed E-state index contributed by atoms with van der Waals surface area (Å²) < 4.78 is 13.1. The van der Waals surface area contributed by atoms with Gasteiger partial charge in [0.25, 0.3) is 0 Å². The summed E-state index contributed by atoms with van der Waals surface area (Å²) >= 11 is 0. The van der Waals surface area contributed by atoms with E-state index in [9.17, 15) is 4.79 Å². The average molecular weight is 355 g/mol. The Kier molecular flexibility index (Phi) is 5.32. The number of carbonyl (C=O) groups excluding carboxylic acids is 1. The first-order valence-corrected chi connectivity index (χ1v) is 9.39. The van der Waals surface area contributed by atoms with Crippen molar-refractivity contribution >= 4 is 5.91 Å². The van der Waals surface area contributed by atoms with Crippen LogP contribution in [0.3, 0.4) is 0 Å². The van der Waals surface area contributed by atoms with Crippen molar-refractivity contribution in [3.8, 4) is 5.69 Å². The van der Waals surface area contributed by atoms with E-state index in [4.69, 9.17) is 9.47 Å². The molecule has 0 bridgehead atoms. The van der Waals surface area contributed by atoms with E-state index < -0.39 is 0 Å². The Morgan fingerprint density at radius 2 is 2.00 bits per heavy atom. The minimum atomic E-state index is -0.130. The van der Waals surface area contributed by atoms with Gasteiger partial charge in [0, 0.05) is 31.6 Å². The molecule has 2 aliphatic rings. The van der Waals surface area contributed by atoms with E-state index in [1.54, 1.807) is 0 Å². The van der Waals surface area contributed by atoms with Gasteiger partial charge in [-0.25, -0.2) is 4.68 Å². The first-order valence-electron chi connectivity index (χ1n) is 9.39. The molecule has 1 unspecified atom stereocenters. The number of rotatable bonds is 5. The normalized spacial score (nSPS) is 21.2. The van der Waals surface area contributed by atoms with Gasteiger partial charge in [-0.05, 0) is 37.0 Å². The molecule has 4 rings (SSSR count). The van der Waals surface area contributed by atoms with Crippen LogP contribution in [0, 0.1) is 5.92 Å². The summed E-state index contributed by atoms with van der Waals surface area (Å²) in [5, 5.41) is 4.40. The van der Waals surface area contributed by atoms with Crippen molar-refractivity contribution in [2.45, 2.75) is 32.0 Å². The molecule has 3 heterocycles. The van der Waals surface area contributed by atoms with Crippen molar-refractivity contribution in [3.63, 3.8) is 0 Å². The van der Waals surface area contributed by atoms with E-state index in [0.29, 0.717) is 32.0 Å². The van der Waals surface area contributed by atoms with Gasteiger partial charge >= 0.3 is 0 Å². The van der Waals surface area contributed by atoms with E-state index in [1.807, 2.05) is 52.3 Å². The Morgan fingerprint density at radius 3 is 2.81 bits per heavy atom. The molecule has 2 fully saturated rings. The molecule has 1 aromatic heterocycles. The van der Waals surface area contributed by atoms with E-state index in [0.717, 1.165) is 37.2 Å². The number of likely N-dealkylation sites (tertiary alicyclic amines) is 1. The zero-order valence-corrected chi connectivity index (χ0v) is 14.9. The molecule has 138 valence electrons. The van der Waals surface area contributed by atoms with Crippen LogP contribution in [0.2, 0.25) is 0 Å². The number of nitrogens with zero attached hydrogens (tertiary/aromatic N) is 3. The van der Waals surface area contributed by atoms with Gasteiger partial charge in [-0.1, -0.05) is 18.2 Å². The van der Waals surface area contributed by atoms with Crippen molar-refractivity contribution in [2.75, 3.05) is 26.3 Å². The van der Waals surface area contributed by atoms with Crippen molar-refractivity contribution in [1.29, 1.82) is 0 Å². The largest absolute Gasteiger partial charge is 0.350 e. The van der Waals surface area contributed by atoms with Gasteiger partial charge in [0.2, 0.25) is 5.91 Å². The highest BCUT2D eigenvalue weighted by molar-refractivity contribution is 5.76. The van der Waals surface area contributed by atoms with E-state index in [1.165, 1.54) is 0 Å². The molecule has 0 radical (unpaired) electrons. The Balaban J connectivity index is 1.30. The molecule has 6 heteroatoms. The van der Waals surface area contributed by atoms with Crippen LogP contribution in [0.25, 0.3) is 5.69 Å². The van der Waals surface area contributed by atoms with Crippen LogP contribution in [0.5, 0.6) is 0 Å². The molecule has 2 aromatic rings. The highest BCUT2D eigenvalue weighted by Gasteiger charge is 2.32. The van der Waals surface area contributed by atoms with Gasteiger partial charge in [0.1, 0.15) is 0 Å². The number of aromatic nitrogens is 2. The Labute approximate surface area is 153 Å². The minimum absolute atomic E-state index is 0.130. The Morgan fingerprint density at radius 1 is 1.19 bits per heavy atom. The minimum Gasteiger partial charge on any atom is -0.350 e. The number of hydrogen-bond donors (Lipinski definition) is 0. The number of para-hydroxylation sites is 1. The second kappa shape index (κ2) is 8.01. The zero-order chi connectivity index (χ0) is 17.8. The number of carbonyl (C=O) groups is 1. The molecule has 0 spiro atoms. The fraction of sp³-hybridized carbons (Fsp3) is 0.500. The molecule has 0 saturated carbocycles. The zero-order valence-electron chi connectivity index (χ0n) is 14.9. The number of piperidine rings is 1. The fourth-order valence-electron chi connectivity index (χ4n) is 3.73. The third-order valence-corrected chi connectivity index (χ3v) is 5.13. The molecule has 6 nitrogen and oxygen atoms in total. The second-order valence-corrected chi connectivity index (χ2v) is 6.98. The maximum Gasteiger partial charge on any atom is 0.222 e. The van der Waals surface area contributed by atoms with E-state index in [2.05, 4.69) is 5.10 Å². The topological polar surface area (TPSA) is 56.6 Å². The molecule has 1 amide bonds. The van der Waals surface area contributed by atoms with Crippen LogP contribution >= 0.6 is 0 Å². The van der Waals surface area contributed by atoms with Gasteiger partial charge < -0.3 is 14.4 Å². The monoisotopic (exact) mass is 355 g/mol. The maximum absolute atomic E-state index is 12.6. The van der Waals surface area contributed by atoms with E-state index >= 15 is 0 Å². The first kappa shape index (κ1) is 17.2. The molecule has 1 atom stereocenters. The highest BCUT2D eigenvalue weighted by Crippen LogP contribution is 2.25. The maximum atomic E-state index is 12.6. The number of ether oxygens (including phenoxy) is 2. The van der Waals surface area contributed by atoms with Gasteiger partial charge in [0.05, 0.1) is 25.1 Å².